The summed E-state index contributed by atoms with van der Waals surface area (Å²) in [6.45, 7) is 0. The summed E-state index contributed by atoms with van der Waals surface area (Å²) in [4.78, 5) is 0. The van der Waals surface area contributed by atoms with Gasteiger partial charge in [-0.05, 0) is 23.8 Å². The van der Waals surface area contributed by atoms with Gasteiger partial charge >= 0.3 is 0 Å². The first-order chi connectivity index (χ1) is 7.18. The van der Waals surface area contributed by atoms with E-state index in [1.54, 1.807) is 24.3 Å². The number of hydrogen-bond donors (Lipinski definition) is 1. The Balaban J connectivity index is 2.54. The third-order valence-electron chi connectivity index (χ3n) is 2.21. The Labute approximate surface area is 92.3 Å². The van der Waals surface area contributed by atoms with E-state index in [9.17, 15) is 4.39 Å². The molecule has 3 heteroatoms. The van der Waals surface area contributed by atoms with Crippen molar-refractivity contribution in [1.82, 2.24) is 0 Å². The van der Waals surface area contributed by atoms with Crippen molar-refractivity contribution in [2.24, 2.45) is 0 Å². The van der Waals surface area contributed by atoms with Crippen molar-refractivity contribution in [3.05, 3.63) is 53.3 Å². The lowest BCUT2D eigenvalue weighted by Gasteiger charge is -2.06. The molecule has 0 saturated carbocycles. The molecule has 15 heavy (non-hydrogen) atoms. The molecule has 0 aliphatic rings. The first-order valence-corrected chi connectivity index (χ1v) is 4.86. The highest BCUT2D eigenvalue weighted by Crippen LogP contribution is 2.28. The Hall–Kier alpha value is -1.54. The van der Waals surface area contributed by atoms with Crippen molar-refractivity contribution in [2.45, 2.75) is 0 Å². The molecule has 0 aliphatic heterocycles. The molecule has 76 valence electrons. The Bertz CT molecular complexity index is 479. The monoisotopic (exact) mass is 221 g/mol. The molecule has 0 unspecified atom stereocenters. The molecule has 2 rings (SSSR count). The van der Waals surface area contributed by atoms with Gasteiger partial charge in [0.25, 0.3) is 0 Å². The quantitative estimate of drug-likeness (QED) is 0.730. The number of hydrogen-bond acceptors (Lipinski definition) is 1. The summed E-state index contributed by atoms with van der Waals surface area (Å²) in [5.74, 6) is -0.401. The molecule has 2 aromatic carbocycles. The minimum Gasteiger partial charge on any atom is -0.396 e. The van der Waals surface area contributed by atoms with Crippen molar-refractivity contribution in [1.29, 1.82) is 0 Å². The number of rotatable bonds is 1. The second kappa shape index (κ2) is 3.91. The van der Waals surface area contributed by atoms with Crippen molar-refractivity contribution in [3.63, 3.8) is 0 Å². The molecule has 2 N–H and O–H groups in total. The number of nitrogens with two attached hydrogens (primary N) is 1. The molecule has 0 spiro atoms. The lowest BCUT2D eigenvalue weighted by Crippen LogP contribution is -1.93. The van der Waals surface area contributed by atoms with Gasteiger partial charge < -0.3 is 5.73 Å². The molecule has 1 nitrogen and oxygen atoms in total. The Morgan fingerprint density at radius 3 is 2.33 bits per heavy atom. The molecular weight excluding hydrogens is 213 g/mol. The Morgan fingerprint density at radius 2 is 1.67 bits per heavy atom. The van der Waals surface area contributed by atoms with Crippen LogP contribution in [0.3, 0.4) is 0 Å². The third-order valence-corrected chi connectivity index (χ3v) is 2.46. The van der Waals surface area contributed by atoms with Gasteiger partial charge in [-0.3, -0.25) is 0 Å². The van der Waals surface area contributed by atoms with E-state index >= 15 is 0 Å². The van der Waals surface area contributed by atoms with Crippen LogP contribution in [0.25, 0.3) is 11.1 Å². The van der Waals surface area contributed by atoms with E-state index in [4.69, 9.17) is 17.3 Å². The molecule has 0 bridgehead atoms. The zero-order chi connectivity index (χ0) is 10.8. The van der Waals surface area contributed by atoms with Crippen LogP contribution in [-0.4, -0.2) is 0 Å². The maximum Gasteiger partial charge on any atom is 0.146 e. The highest BCUT2D eigenvalue weighted by molar-refractivity contribution is 6.30. The first kappa shape index (κ1) is 9.99. The standard InChI is InChI=1S/C12H9ClFN/c13-9-6-4-8(5-7-9)10-2-1-3-11(14)12(10)15/h1-7H,15H2. The Morgan fingerprint density at radius 1 is 1.00 bits per heavy atom. The van der Waals surface area contributed by atoms with E-state index in [2.05, 4.69) is 0 Å². The molecule has 0 aromatic heterocycles. The van der Waals surface area contributed by atoms with Crippen molar-refractivity contribution in [3.8, 4) is 11.1 Å². The molecule has 0 aliphatic carbocycles. The van der Waals surface area contributed by atoms with Crippen LogP contribution in [0.1, 0.15) is 0 Å². The molecule has 0 amide bonds. The lowest BCUT2D eigenvalue weighted by molar-refractivity contribution is 0.633. The van der Waals surface area contributed by atoms with Gasteiger partial charge in [-0.15, -0.1) is 0 Å². The minimum atomic E-state index is -0.401. The molecule has 0 saturated heterocycles. The molecule has 0 atom stereocenters. The van der Waals surface area contributed by atoms with Gasteiger partial charge in [0, 0.05) is 10.6 Å². The van der Waals surface area contributed by atoms with Gasteiger partial charge in [0.1, 0.15) is 5.82 Å². The fraction of sp³-hybridized carbons (Fsp3) is 0. The smallest absolute Gasteiger partial charge is 0.146 e. The summed E-state index contributed by atoms with van der Waals surface area (Å²) in [7, 11) is 0. The van der Waals surface area contributed by atoms with Crippen molar-refractivity contribution in [2.75, 3.05) is 5.73 Å². The van der Waals surface area contributed by atoms with E-state index in [1.165, 1.54) is 6.07 Å². The average molecular weight is 222 g/mol. The van der Waals surface area contributed by atoms with Crippen LogP contribution in [0.15, 0.2) is 42.5 Å². The van der Waals surface area contributed by atoms with E-state index in [0.29, 0.717) is 10.6 Å². The number of nitrogen functional groups attached to an aromatic ring is 1. The molecule has 0 radical (unpaired) electrons. The van der Waals surface area contributed by atoms with Gasteiger partial charge in [0.15, 0.2) is 0 Å². The largest absolute Gasteiger partial charge is 0.396 e. The summed E-state index contributed by atoms with van der Waals surface area (Å²) in [6.07, 6.45) is 0. The highest BCUT2D eigenvalue weighted by Gasteiger charge is 2.05. The third kappa shape index (κ3) is 1.95. The van der Waals surface area contributed by atoms with Crippen molar-refractivity contribution >= 4 is 17.3 Å². The van der Waals surface area contributed by atoms with Gasteiger partial charge in [0.05, 0.1) is 5.69 Å². The van der Waals surface area contributed by atoms with Gasteiger partial charge in [-0.1, -0.05) is 35.9 Å². The second-order valence-corrected chi connectivity index (χ2v) is 3.64. The van der Waals surface area contributed by atoms with Gasteiger partial charge in [-0.2, -0.15) is 0 Å². The summed E-state index contributed by atoms with van der Waals surface area (Å²) < 4.78 is 13.2. The topological polar surface area (TPSA) is 26.0 Å². The van der Waals surface area contributed by atoms with Crippen LogP contribution in [0, 0.1) is 5.82 Å². The minimum absolute atomic E-state index is 0.167. The number of para-hydroxylation sites is 1. The fourth-order valence-corrected chi connectivity index (χ4v) is 1.54. The van der Waals surface area contributed by atoms with Crippen molar-refractivity contribution < 1.29 is 4.39 Å². The molecule has 0 fully saturated rings. The normalized spacial score (nSPS) is 10.3. The van der Waals surface area contributed by atoms with Crippen LogP contribution in [0.2, 0.25) is 5.02 Å². The predicted octanol–water partition coefficient (Wildman–Crippen LogP) is 3.73. The fourth-order valence-electron chi connectivity index (χ4n) is 1.42. The van der Waals surface area contributed by atoms with Crippen LogP contribution >= 0.6 is 11.6 Å². The zero-order valence-electron chi connectivity index (χ0n) is 7.87. The van der Waals surface area contributed by atoms with E-state index < -0.39 is 5.82 Å². The van der Waals surface area contributed by atoms with Crippen LogP contribution in [-0.2, 0) is 0 Å². The molecule has 2 aromatic rings. The summed E-state index contributed by atoms with van der Waals surface area (Å²) in [5.41, 5.74) is 7.36. The van der Waals surface area contributed by atoms with Crippen LogP contribution < -0.4 is 5.73 Å². The maximum absolute atomic E-state index is 13.2. The van der Waals surface area contributed by atoms with E-state index in [1.807, 2.05) is 12.1 Å². The van der Waals surface area contributed by atoms with Crippen LogP contribution in [0.5, 0.6) is 0 Å². The summed E-state index contributed by atoms with van der Waals surface area (Å²) in [5, 5.41) is 0.647. The van der Waals surface area contributed by atoms with E-state index in [0.717, 1.165) is 5.56 Å². The average Bonchev–Trinajstić information content (AvgIpc) is 2.24. The van der Waals surface area contributed by atoms with E-state index in [-0.39, 0.29) is 5.69 Å². The Kier molecular flexibility index (Phi) is 2.60. The number of benzene rings is 2. The lowest BCUT2D eigenvalue weighted by atomic mass is 10.0. The first-order valence-electron chi connectivity index (χ1n) is 4.48. The summed E-state index contributed by atoms with van der Waals surface area (Å²) >= 11 is 5.76. The SMILES string of the molecule is Nc1c(F)cccc1-c1ccc(Cl)cc1. The molecular formula is C12H9ClFN. The molecule has 0 heterocycles. The maximum atomic E-state index is 13.2. The second-order valence-electron chi connectivity index (χ2n) is 3.21. The predicted molar refractivity (Wildman–Crippen MR) is 61.3 cm³/mol. The van der Waals surface area contributed by atoms with Gasteiger partial charge in [0.2, 0.25) is 0 Å². The summed E-state index contributed by atoms with van der Waals surface area (Å²) in [6, 6.07) is 11.9. The number of halogens is 2. The van der Waals surface area contributed by atoms with Gasteiger partial charge in [-0.25, -0.2) is 4.39 Å². The highest BCUT2D eigenvalue weighted by atomic mass is 35.5. The zero-order valence-corrected chi connectivity index (χ0v) is 8.63. The van der Waals surface area contributed by atoms with Crippen LogP contribution in [0.4, 0.5) is 10.1 Å². The number of anilines is 1.